The molecule has 0 aliphatic heterocycles. The highest BCUT2D eigenvalue weighted by Crippen LogP contribution is 2.55. The Hall–Kier alpha value is -3.21. The van der Waals surface area contributed by atoms with Gasteiger partial charge in [0.2, 0.25) is 5.91 Å². The first kappa shape index (κ1) is 27.0. The molecule has 1 aromatic carbocycles. The molecule has 2 aromatic rings. The van der Waals surface area contributed by atoms with Gasteiger partial charge in [-0.3, -0.25) is 4.79 Å². The summed E-state index contributed by atoms with van der Waals surface area (Å²) in [6, 6.07) is 8.19. The van der Waals surface area contributed by atoms with Crippen LogP contribution in [0.1, 0.15) is 62.7 Å². The molecule has 0 spiro atoms. The van der Waals surface area contributed by atoms with Gasteiger partial charge in [-0.25, -0.2) is 9.97 Å². The van der Waals surface area contributed by atoms with Gasteiger partial charge in [-0.05, 0) is 57.4 Å². The fourth-order valence-corrected chi connectivity index (χ4v) is 3.83. The van der Waals surface area contributed by atoms with Crippen molar-refractivity contribution in [2.75, 3.05) is 6.61 Å². The maximum Gasteiger partial charge on any atom is 0.228 e. The number of hydrogen-bond acceptors (Lipinski definition) is 4. The Balaban J connectivity index is 0.000000945. The molecule has 1 fully saturated rings. The van der Waals surface area contributed by atoms with Gasteiger partial charge in [0.25, 0.3) is 0 Å². The fraction of sp³-hybridized carbons (Fsp3) is 0.414. The summed E-state index contributed by atoms with van der Waals surface area (Å²) in [4.78, 5) is 21.7. The van der Waals surface area contributed by atoms with Crippen molar-refractivity contribution in [2.45, 2.75) is 66.2 Å². The van der Waals surface area contributed by atoms with Crippen molar-refractivity contribution in [2.24, 2.45) is 5.92 Å². The standard InChI is InChI=1S/C25H29N3O2.C4H10/c1-6-8-12-20(7-2)28-24(29)22-14-25(22,21-13-10-9-11-17(21)3)16-30-23-15-26-19(5)27-18(23)4;1-3-4-2/h6-13,15,22H,2,14,16H2,1,3-5H3,(H,28,29);3-4H2,1-2H3/b8-6-,20-12+;. The topological polar surface area (TPSA) is 64.1 Å². The Morgan fingerprint density at radius 1 is 1.24 bits per heavy atom. The smallest absolute Gasteiger partial charge is 0.228 e. The van der Waals surface area contributed by atoms with Crippen LogP contribution in [0.2, 0.25) is 0 Å². The van der Waals surface area contributed by atoms with Crippen LogP contribution in [-0.2, 0) is 10.2 Å². The summed E-state index contributed by atoms with van der Waals surface area (Å²) in [7, 11) is 0. The van der Waals surface area contributed by atoms with Crippen molar-refractivity contribution in [3.8, 4) is 5.75 Å². The van der Waals surface area contributed by atoms with Crippen LogP contribution in [0.3, 0.4) is 0 Å². The normalized spacial score (nSPS) is 19.2. The van der Waals surface area contributed by atoms with E-state index in [1.165, 1.54) is 12.8 Å². The number of benzene rings is 1. The van der Waals surface area contributed by atoms with Gasteiger partial charge >= 0.3 is 0 Å². The quantitative estimate of drug-likeness (QED) is 0.445. The van der Waals surface area contributed by atoms with E-state index >= 15 is 0 Å². The first-order valence-corrected chi connectivity index (χ1v) is 12.1. The second-order valence-electron chi connectivity index (χ2n) is 8.72. The number of aromatic nitrogens is 2. The van der Waals surface area contributed by atoms with Crippen LogP contribution in [-0.4, -0.2) is 22.5 Å². The fourth-order valence-electron chi connectivity index (χ4n) is 3.83. The van der Waals surface area contributed by atoms with Gasteiger partial charge in [0.05, 0.1) is 24.4 Å². The Labute approximate surface area is 205 Å². The Kier molecular flexibility index (Phi) is 10.2. The van der Waals surface area contributed by atoms with Gasteiger partial charge < -0.3 is 10.1 Å². The number of ether oxygens (including phenoxy) is 1. The number of nitrogens with zero attached hydrogens (tertiary/aromatic N) is 2. The molecule has 0 bridgehead atoms. The summed E-state index contributed by atoms with van der Waals surface area (Å²) < 4.78 is 6.15. The Bertz CT molecular complexity index is 1040. The zero-order chi connectivity index (χ0) is 25.1. The highest BCUT2D eigenvalue weighted by atomic mass is 16.5. The summed E-state index contributed by atoms with van der Waals surface area (Å²) in [5, 5.41) is 3.00. The summed E-state index contributed by atoms with van der Waals surface area (Å²) >= 11 is 0. The van der Waals surface area contributed by atoms with E-state index in [2.05, 4.69) is 54.8 Å². The van der Waals surface area contributed by atoms with Crippen LogP contribution < -0.4 is 10.1 Å². The SMILES string of the molecule is C=C/C(=C\C=C/C)NC(=O)C1CC1(COc1cnc(C)nc1C)c1ccccc1C.CCCC. The minimum absolute atomic E-state index is 0.0191. The Morgan fingerprint density at radius 2 is 1.94 bits per heavy atom. The molecule has 1 amide bonds. The van der Waals surface area contributed by atoms with E-state index in [1.54, 1.807) is 12.3 Å². The molecule has 182 valence electrons. The van der Waals surface area contributed by atoms with E-state index in [4.69, 9.17) is 4.74 Å². The lowest BCUT2D eigenvalue weighted by Crippen LogP contribution is -2.31. The van der Waals surface area contributed by atoms with E-state index in [1.807, 2.05) is 51.1 Å². The number of allylic oxidation sites excluding steroid dienone is 4. The monoisotopic (exact) mass is 461 g/mol. The van der Waals surface area contributed by atoms with Crippen molar-refractivity contribution < 1.29 is 9.53 Å². The number of amides is 1. The maximum atomic E-state index is 13.1. The molecule has 2 unspecified atom stereocenters. The number of nitrogens with one attached hydrogen (secondary N) is 1. The number of rotatable bonds is 9. The van der Waals surface area contributed by atoms with Crippen molar-refractivity contribution in [1.82, 2.24) is 15.3 Å². The first-order chi connectivity index (χ1) is 16.3. The molecule has 0 radical (unpaired) electrons. The lowest BCUT2D eigenvalue weighted by Gasteiger charge is -2.21. The van der Waals surface area contributed by atoms with Crippen LogP contribution in [0.15, 0.2) is 67.0 Å². The van der Waals surface area contributed by atoms with Crippen LogP contribution in [0, 0.1) is 26.7 Å². The molecule has 5 heteroatoms. The van der Waals surface area contributed by atoms with E-state index in [0.717, 1.165) is 23.2 Å². The highest BCUT2D eigenvalue weighted by molar-refractivity contribution is 5.86. The van der Waals surface area contributed by atoms with Crippen LogP contribution in [0.25, 0.3) is 0 Å². The Morgan fingerprint density at radius 3 is 2.53 bits per heavy atom. The second kappa shape index (κ2) is 12.9. The predicted molar refractivity (Wildman–Crippen MR) is 140 cm³/mol. The van der Waals surface area contributed by atoms with Crippen LogP contribution >= 0.6 is 0 Å². The molecule has 5 nitrogen and oxygen atoms in total. The largest absolute Gasteiger partial charge is 0.489 e. The van der Waals surface area contributed by atoms with E-state index in [-0.39, 0.29) is 17.2 Å². The molecule has 1 aromatic heterocycles. The molecule has 1 aliphatic rings. The van der Waals surface area contributed by atoms with Crippen LogP contribution in [0.5, 0.6) is 5.75 Å². The van der Waals surface area contributed by atoms with Crippen LogP contribution in [0.4, 0.5) is 0 Å². The zero-order valence-electron chi connectivity index (χ0n) is 21.5. The second-order valence-corrected chi connectivity index (χ2v) is 8.72. The molecule has 34 heavy (non-hydrogen) atoms. The summed E-state index contributed by atoms with van der Waals surface area (Å²) in [5.41, 5.74) is 3.41. The number of unbranched alkanes of at least 4 members (excludes halogenated alkanes) is 1. The average molecular weight is 462 g/mol. The molecule has 1 saturated carbocycles. The van der Waals surface area contributed by atoms with Gasteiger partial charge in [-0.15, -0.1) is 0 Å². The molecule has 3 rings (SSSR count). The van der Waals surface area contributed by atoms with Crippen molar-refractivity contribution in [1.29, 1.82) is 0 Å². The average Bonchev–Trinajstić information content (AvgIpc) is 3.57. The third-order valence-corrected chi connectivity index (χ3v) is 6.07. The summed E-state index contributed by atoms with van der Waals surface area (Å²) in [5.74, 6) is 1.16. The molecule has 1 heterocycles. The van der Waals surface area contributed by atoms with Crippen molar-refractivity contribution >= 4 is 5.91 Å². The predicted octanol–water partition coefficient (Wildman–Crippen LogP) is 6.31. The minimum Gasteiger partial charge on any atom is -0.489 e. The first-order valence-electron chi connectivity index (χ1n) is 12.1. The zero-order valence-corrected chi connectivity index (χ0v) is 21.5. The number of carbonyl (C=O) groups excluding carboxylic acids is 1. The van der Waals surface area contributed by atoms with E-state index in [9.17, 15) is 4.79 Å². The lowest BCUT2D eigenvalue weighted by molar-refractivity contribution is -0.122. The third kappa shape index (κ3) is 6.89. The number of carbonyl (C=O) groups is 1. The number of aryl methyl sites for hydroxylation is 3. The minimum atomic E-state index is -0.375. The molecular formula is C29H39N3O2. The molecule has 2 atom stereocenters. The molecule has 1 aliphatic carbocycles. The third-order valence-electron chi connectivity index (χ3n) is 6.07. The van der Waals surface area contributed by atoms with Gasteiger partial charge in [-0.2, -0.15) is 0 Å². The number of hydrogen-bond donors (Lipinski definition) is 1. The van der Waals surface area contributed by atoms with Gasteiger partial charge in [0.15, 0.2) is 5.75 Å². The molecule has 0 saturated heterocycles. The maximum absolute atomic E-state index is 13.1. The van der Waals surface area contributed by atoms with Gasteiger partial charge in [0, 0.05) is 11.1 Å². The summed E-state index contributed by atoms with van der Waals surface area (Å²) in [6.07, 6.45) is 12.3. The van der Waals surface area contributed by atoms with E-state index in [0.29, 0.717) is 23.9 Å². The molecular weight excluding hydrogens is 422 g/mol. The van der Waals surface area contributed by atoms with E-state index < -0.39 is 0 Å². The van der Waals surface area contributed by atoms with Gasteiger partial charge in [-0.1, -0.05) is 69.7 Å². The molecule has 1 N–H and O–H groups in total. The van der Waals surface area contributed by atoms with Crippen molar-refractivity contribution in [3.05, 3.63) is 89.7 Å². The van der Waals surface area contributed by atoms with Gasteiger partial charge in [0.1, 0.15) is 5.82 Å². The van der Waals surface area contributed by atoms with Crippen molar-refractivity contribution in [3.63, 3.8) is 0 Å². The summed E-state index contributed by atoms with van der Waals surface area (Å²) in [6.45, 7) is 16.3. The lowest BCUT2D eigenvalue weighted by atomic mass is 9.90. The highest BCUT2D eigenvalue weighted by Gasteiger charge is 2.60.